The van der Waals surface area contributed by atoms with E-state index >= 15 is 0 Å². The normalized spacial score (nSPS) is 12.4. The molecule has 1 aromatic carbocycles. The maximum absolute atomic E-state index is 12.5. The van der Waals surface area contributed by atoms with Crippen LogP contribution in [0.15, 0.2) is 17.0 Å². The molecule has 102 valence electrons. The minimum atomic E-state index is -3.51. The fourth-order valence-corrected chi connectivity index (χ4v) is 3.64. The van der Waals surface area contributed by atoms with Crippen LogP contribution in [0.3, 0.4) is 0 Å². The monoisotopic (exact) mass is 270 g/mol. The van der Waals surface area contributed by atoms with Gasteiger partial charge in [0.1, 0.15) is 4.90 Å². The molecular formula is C13H22N2O2S. The van der Waals surface area contributed by atoms with E-state index < -0.39 is 10.0 Å². The Bertz CT molecular complexity index is 536. The summed E-state index contributed by atoms with van der Waals surface area (Å²) in [4.78, 5) is 0.241. The zero-order valence-electron chi connectivity index (χ0n) is 11.7. The lowest BCUT2D eigenvalue weighted by molar-refractivity contribution is 0.417. The summed E-state index contributed by atoms with van der Waals surface area (Å²) in [6.45, 7) is 8.04. The molecule has 1 rings (SSSR count). The Morgan fingerprint density at radius 2 is 1.72 bits per heavy atom. The highest BCUT2D eigenvalue weighted by molar-refractivity contribution is 7.89. The predicted molar refractivity (Wildman–Crippen MR) is 75.0 cm³/mol. The van der Waals surface area contributed by atoms with Crippen molar-refractivity contribution in [3.05, 3.63) is 23.3 Å². The van der Waals surface area contributed by atoms with Gasteiger partial charge in [0, 0.05) is 13.6 Å². The van der Waals surface area contributed by atoms with Crippen LogP contribution < -0.4 is 5.73 Å². The van der Waals surface area contributed by atoms with Crippen LogP contribution in [0.2, 0.25) is 0 Å². The number of benzene rings is 1. The molecule has 5 heteroatoms. The molecule has 0 fully saturated rings. The number of sulfonamides is 1. The van der Waals surface area contributed by atoms with Crippen LogP contribution in [0.25, 0.3) is 0 Å². The summed E-state index contributed by atoms with van der Waals surface area (Å²) in [7, 11) is -1.92. The Hall–Kier alpha value is -1.07. The first-order chi connectivity index (χ1) is 8.17. The summed E-state index contributed by atoms with van der Waals surface area (Å²) in [5, 5.41) is 0. The standard InChI is InChI=1S/C13H22N2O2S/c1-9(2)8-15(5)18(16,17)13-11(4)7-6-10(3)12(13)14/h6-7,9H,8,14H2,1-5H3. The molecule has 0 spiro atoms. The highest BCUT2D eigenvalue weighted by atomic mass is 32.2. The minimum Gasteiger partial charge on any atom is -0.397 e. The maximum atomic E-state index is 12.5. The summed E-state index contributed by atoms with van der Waals surface area (Å²) < 4.78 is 26.4. The van der Waals surface area contributed by atoms with Gasteiger partial charge in [0.2, 0.25) is 10.0 Å². The molecule has 0 radical (unpaired) electrons. The zero-order chi connectivity index (χ0) is 14.1. The van der Waals surface area contributed by atoms with Gasteiger partial charge in [0.05, 0.1) is 5.69 Å². The molecule has 0 aliphatic heterocycles. The van der Waals surface area contributed by atoms with Crippen molar-refractivity contribution in [2.45, 2.75) is 32.6 Å². The number of nitrogens with zero attached hydrogens (tertiary/aromatic N) is 1. The number of hydrogen-bond acceptors (Lipinski definition) is 3. The van der Waals surface area contributed by atoms with Crippen LogP contribution in [-0.2, 0) is 10.0 Å². The largest absolute Gasteiger partial charge is 0.397 e. The molecule has 0 bridgehead atoms. The molecule has 0 aliphatic rings. The number of hydrogen-bond donors (Lipinski definition) is 1. The molecule has 0 unspecified atom stereocenters. The molecule has 0 aliphatic carbocycles. The molecule has 18 heavy (non-hydrogen) atoms. The van der Waals surface area contributed by atoms with Crippen LogP contribution in [0.1, 0.15) is 25.0 Å². The van der Waals surface area contributed by atoms with Gasteiger partial charge in [-0.3, -0.25) is 0 Å². The van der Waals surface area contributed by atoms with E-state index in [0.717, 1.165) is 5.56 Å². The Kier molecular flexibility index (Phi) is 4.40. The molecule has 0 aromatic heterocycles. The van der Waals surface area contributed by atoms with Crippen molar-refractivity contribution < 1.29 is 8.42 Å². The minimum absolute atomic E-state index is 0.241. The van der Waals surface area contributed by atoms with Crippen molar-refractivity contribution in [1.82, 2.24) is 4.31 Å². The van der Waals surface area contributed by atoms with Crippen LogP contribution in [-0.4, -0.2) is 26.3 Å². The van der Waals surface area contributed by atoms with Crippen molar-refractivity contribution in [1.29, 1.82) is 0 Å². The fraction of sp³-hybridized carbons (Fsp3) is 0.538. The average Bonchev–Trinajstić information content (AvgIpc) is 2.22. The van der Waals surface area contributed by atoms with Crippen molar-refractivity contribution in [2.24, 2.45) is 5.92 Å². The van der Waals surface area contributed by atoms with Gasteiger partial charge in [0.25, 0.3) is 0 Å². The predicted octanol–water partition coefficient (Wildman–Crippen LogP) is 2.16. The van der Waals surface area contributed by atoms with Crippen molar-refractivity contribution in [3.8, 4) is 0 Å². The molecule has 0 saturated carbocycles. The molecule has 0 heterocycles. The Labute approximate surface area is 110 Å². The van der Waals surface area contributed by atoms with E-state index in [1.165, 1.54) is 4.31 Å². The highest BCUT2D eigenvalue weighted by Crippen LogP contribution is 2.28. The maximum Gasteiger partial charge on any atom is 0.245 e. The Balaban J connectivity index is 3.33. The highest BCUT2D eigenvalue weighted by Gasteiger charge is 2.26. The third kappa shape index (κ3) is 2.84. The molecule has 0 saturated heterocycles. The number of nitrogens with two attached hydrogens (primary N) is 1. The van der Waals surface area contributed by atoms with E-state index in [4.69, 9.17) is 5.73 Å². The van der Waals surface area contributed by atoms with Gasteiger partial charge in [-0.2, -0.15) is 0 Å². The SMILES string of the molecule is Cc1ccc(C)c(S(=O)(=O)N(C)CC(C)C)c1N. The van der Waals surface area contributed by atoms with E-state index in [1.807, 2.05) is 26.8 Å². The Morgan fingerprint density at radius 1 is 1.22 bits per heavy atom. The lowest BCUT2D eigenvalue weighted by Gasteiger charge is -2.22. The van der Waals surface area contributed by atoms with Crippen LogP contribution in [0, 0.1) is 19.8 Å². The molecule has 2 N–H and O–H groups in total. The van der Waals surface area contributed by atoms with E-state index in [9.17, 15) is 8.42 Å². The van der Waals surface area contributed by atoms with Crippen LogP contribution in [0.5, 0.6) is 0 Å². The lowest BCUT2D eigenvalue weighted by Crippen LogP contribution is -2.31. The van der Waals surface area contributed by atoms with Gasteiger partial charge in [-0.25, -0.2) is 12.7 Å². The van der Waals surface area contributed by atoms with Gasteiger partial charge in [-0.1, -0.05) is 26.0 Å². The topological polar surface area (TPSA) is 63.4 Å². The summed E-state index contributed by atoms with van der Waals surface area (Å²) in [5.74, 6) is 0.274. The quantitative estimate of drug-likeness (QED) is 0.853. The first kappa shape index (κ1) is 15.0. The molecule has 4 nitrogen and oxygen atoms in total. The second-order valence-electron chi connectivity index (χ2n) is 5.12. The summed E-state index contributed by atoms with van der Waals surface area (Å²) >= 11 is 0. The summed E-state index contributed by atoms with van der Waals surface area (Å²) in [5.41, 5.74) is 7.76. The molecular weight excluding hydrogens is 248 g/mol. The second-order valence-corrected chi connectivity index (χ2v) is 7.10. The van der Waals surface area contributed by atoms with Gasteiger partial charge in [-0.15, -0.1) is 0 Å². The third-order valence-corrected chi connectivity index (χ3v) is 4.93. The van der Waals surface area contributed by atoms with E-state index in [-0.39, 0.29) is 10.8 Å². The van der Waals surface area contributed by atoms with Gasteiger partial charge in [0.15, 0.2) is 0 Å². The average molecular weight is 270 g/mol. The van der Waals surface area contributed by atoms with Gasteiger partial charge >= 0.3 is 0 Å². The van der Waals surface area contributed by atoms with Crippen molar-refractivity contribution >= 4 is 15.7 Å². The number of anilines is 1. The Morgan fingerprint density at radius 3 is 2.22 bits per heavy atom. The lowest BCUT2D eigenvalue weighted by atomic mass is 10.1. The fourth-order valence-electron chi connectivity index (χ4n) is 1.92. The van der Waals surface area contributed by atoms with Crippen LogP contribution >= 0.6 is 0 Å². The first-order valence-electron chi connectivity index (χ1n) is 6.00. The second kappa shape index (κ2) is 5.28. The van der Waals surface area contributed by atoms with E-state index in [2.05, 4.69) is 0 Å². The van der Waals surface area contributed by atoms with Crippen molar-refractivity contribution in [3.63, 3.8) is 0 Å². The smallest absolute Gasteiger partial charge is 0.245 e. The first-order valence-corrected chi connectivity index (χ1v) is 7.44. The van der Waals surface area contributed by atoms with Crippen molar-refractivity contribution in [2.75, 3.05) is 19.3 Å². The zero-order valence-corrected chi connectivity index (χ0v) is 12.5. The van der Waals surface area contributed by atoms with Gasteiger partial charge in [-0.05, 0) is 30.9 Å². The van der Waals surface area contributed by atoms with Crippen LogP contribution in [0.4, 0.5) is 5.69 Å². The number of aryl methyl sites for hydroxylation is 2. The summed E-state index contributed by atoms with van der Waals surface area (Å²) in [6.07, 6.45) is 0. The number of rotatable bonds is 4. The van der Waals surface area contributed by atoms with E-state index in [0.29, 0.717) is 17.8 Å². The van der Waals surface area contributed by atoms with E-state index in [1.54, 1.807) is 20.0 Å². The molecule has 1 aromatic rings. The van der Waals surface area contributed by atoms with Gasteiger partial charge < -0.3 is 5.73 Å². The number of nitrogen functional groups attached to an aromatic ring is 1. The third-order valence-electron chi connectivity index (χ3n) is 2.90. The molecule has 0 amide bonds. The molecule has 0 atom stereocenters. The summed E-state index contributed by atoms with van der Waals surface area (Å²) in [6, 6.07) is 3.63.